The Balaban J connectivity index is 1.82. The van der Waals surface area contributed by atoms with Crippen LogP contribution in [0.15, 0.2) is 48.5 Å². The molecule has 0 saturated carbocycles. The SMILES string of the molecule is O=C(N[C@H](CO)Cc1ccc(O)cc1)OCc1ccc(F)cc1. The summed E-state index contributed by atoms with van der Waals surface area (Å²) in [5.74, 6) is -0.201. The molecule has 2 rings (SSSR count). The average Bonchev–Trinajstić information content (AvgIpc) is 2.55. The van der Waals surface area contributed by atoms with Crippen LogP contribution in [0.25, 0.3) is 0 Å². The predicted octanol–water partition coefficient (Wildman–Crippen LogP) is 2.36. The standard InChI is InChI=1S/C17H18FNO4/c18-14-5-1-13(2-6-14)11-23-17(22)19-15(10-20)9-12-3-7-16(21)8-4-12/h1-8,15,20-21H,9-11H2,(H,19,22)/t15-/m0/s1. The predicted molar refractivity (Wildman–Crippen MR) is 82.4 cm³/mol. The van der Waals surface area contributed by atoms with E-state index in [0.717, 1.165) is 5.56 Å². The Labute approximate surface area is 133 Å². The number of amides is 1. The second-order valence-electron chi connectivity index (χ2n) is 5.10. The molecule has 0 spiro atoms. The van der Waals surface area contributed by atoms with E-state index in [-0.39, 0.29) is 24.8 Å². The van der Waals surface area contributed by atoms with Gasteiger partial charge in [0.1, 0.15) is 18.2 Å². The van der Waals surface area contributed by atoms with E-state index in [2.05, 4.69) is 5.32 Å². The number of rotatable bonds is 6. The van der Waals surface area contributed by atoms with Crippen molar-refractivity contribution in [1.82, 2.24) is 5.32 Å². The molecule has 5 nitrogen and oxygen atoms in total. The number of ether oxygens (including phenoxy) is 1. The zero-order valence-electron chi connectivity index (χ0n) is 12.4. The lowest BCUT2D eigenvalue weighted by molar-refractivity contribution is 0.129. The highest BCUT2D eigenvalue weighted by molar-refractivity contribution is 5.67. The second kappa shape index (κ2) is 8.14. The van der Waals surface area contributed by atoms with Crippen molar-refractivity contribution in [2.75, 3.05) is 6.61 Å². The number of aliphatic hydroxyl groups is 1. The molecule has 2 aromatic carbocycles. The first-order valence-electron chi connectivity index (χ1n) is 7.13. The Kier molecular flexibility index (Phi) is 5.94. The van der Waals surface area contributed by atoms with Crippen molar-refractivity contribution in [3.63, 3.8) is 0 Å². The molecule has 1 atom stereocenters. The summed E-state index contributed by atoms with van der Waals surface area (Å²) >= 11 is 0. The van der Waals surface area contributed by atoms with E-state index >= 15 is 0 Å². The summed E-state index contributed by atoms with van der Waals surface area (Å²) < 4.78 is 17.8. The van der Waals surface area contributed by atoms with E-state index in [4.69, 9.17) is 4.74 Å². The average molecular weight is 319 g/mol. The van der Waals surface area contributed by atoms with Crippen LogP contribution in [0, 0.1) is 5.82 Å². The minimum absolute atomic E-state index is 0.0173. The van der Waals surface area contributed by atoms with E-state index in [1.807, 2.05) is 0 Å². The number of hydrogen-bond donors (Lipinski definition) is 3. The zero-order valence-corrected chi connectivity index (χ0v) is 12.4. The van der Waals surface area contributed by atoms with E-state index < -0.39 is 12.1 Å². The van der Waals surface area contributed by atoms with Crippen molar-refractivity contribution in [2.45, 2.75) is 19.1 Å². The highest BCUT2D eigenvalue weighted by Crippen LogP contribution is 2.11. The molecule has 3 N–H and O–H groups in total. The maximum absolute atomic E-state index is 12.8. The minimum atomic E-state index is -0.660. The smallest absolute Gasteiger partial charge is 0.407 e. The third kappa shape index (κ3) is 5.60. The van der Waals surface area contributed by atoms with Crippen molar-refractivity contribution in [2.24, 2.45) is 0 Å². The summed E-state index contributed by atoms with van der Waals surface area (Å²) in [5.41, 5.74) is 1.53. The van der Waals surface area contributed by atoms with Gasteiger partial charge in [-0.15, -0.1) is 0 Å². The molecule has 0 fully saturated rings. The van der Waals surface area contributed by atoms with Crippen LogP contribution in [-0.2, 0) is 17.8 Å². The molecule has 0 aliphatic heterocycles. The fraction of sp³-hybridized carbons (Fsp3) is 0.235. The largest absolute Gasteiger partial charge is 0.508 e. The summed E-state index contributed by atoms with van der Waals surface area (Å²) in [5, 5.41) is 21.1. The lowest BCUT2D eigenvalue weighted by Gasteiger charge is -2.16. The van der Waals surface area contributed by atoms with Gasteiger partial charge in [0.05, 0.1) is 12.6 Å². The zero-order chi connectivity index (χ0) is 16.7. The molecule has 1 amide bonds. The molecule has 0 aliphatic carbocycles. The quantitative estimate of drug-likeness (QED) is 0.764. The first-order chi connectivity index (χ1) is 11.1. The number of phenols is 1. The number of halogens is 1. The third-order valence-electron chi connectivity index (χ3n) is 3.24. The molecular formula is C17H18FNO4. The molecule has 122 valence electrons. The fourth-order valence-corrected chi connectivity index (χ4v) is 2.02. The Hall–Kier alpha value is -2.60. The number of aromatic hydroxyl groups is 1. The van der Waals surface area contributed by atoms with Crippen LogP contribution in [0.3, 0.4) is 0 Å². The first kappa shape index (κ1) is 16.8. The highest BCUT2D eigenvalue weighted by Gasteiger charge is 2.13. The van der Waals surface area contributed by atoms with Crippen molar-refractivity contribution >= 4 is 6.09 Å². The summed E-state index contributed by atoms with van der Waals surface area (Å²) in [6.45, 7) is -0.226. The van der Waals surface area contributed by atoms with Crippen LogP contribution < -0.4 is 5.32 Å². The molecule has 2 aromatic rings. The molecule has 0 aliphatic rings. The van der Waals surface area contributed by atoms with Gasteiger partial charge in [-0.1, -0.05) is 24.3 Å². The number of phenolic OH excluding ortho intramolecular Hbond substituents is 1. The number of carbonyl (C=O) groups is 1. The third-order valence-corrected chi connectivity index (χ3v) is 3.24. The summed E-state index contributed by atoms with van der Waals surface area (Å²) in [6.07, 6.45) is -0.255. The maximum Gasteiger partial charge on any atom is 0.407 e. The van der Waals surface area contributed by atoms with Crippen molar-refractivity contribution in [3.8, 4) is 5.75 Å². The molecular weight excluding hydrogens is 301 g/mol. The number of nitrogens with one attached hydrogen (secondary N) is 1. The monoisotopic (exact) mass is 319 g/mol. The van der Waals surface area contributed by atoms with Crippen LogP contribution >= 0.6 is 0 Å². The van der Waals surface area contributed by atoms with Crippen molar-refractivity contribution < 1.29 is 24.1 Å². The van der Waals surface area contributed by atoms with Gasteiger partial charge in [0.25, 0.3) is 0 Å². The van der Waals surface area contributed by atoms with Gasteiger partial charge >= 0.3 is 6.09 Å². The van der Waals surface area contributed by atoms with E-state index in [0.29, 0.717) is 12.0 Å². The minimum Gasteiger partial charge on any atom is -0.508 e. The van der Waals surface area contributed by atoms with Crippen LogP contribution in [0.4, 0.5) is 9.18 Å². The molecule has 23 heavy (non-hydrogen) atoms. The van der Waals surface area contributed by atoms with E-state index in [1.54, 1.807) is 12.1 Å². The van der Waals surface area contributed by atoms with Gasteiger partial charge in [-0.3, -0.25) is 0 Å². The van der Waals surface area contributed by atoms with E-state index in [9.17, 15) is 19.4 Å². The van der Waals surface area contributed by atoms with E-state index in [1.165, 1.54) is 36.4 Å². The Morgan fingerprint density at radius 3 is 2.30 bits per heavy atom. The summed E-state index contributed by atoms with van der Waals surface area (Å²) in [4.78, 5) is 11.7. The van der Waals surface area contributed by atoms with Crippen LogP contribution in [0.1, 0.15) is 11.1 Å². The molecule has 0 bridgehead atoms. The molecule has 0 saturated heterocycles. The lowest BCUT2D eigenvalue weighted by atomic mass is 10.1. The van der Waals surface area contributed by atoms with Gasteiger partial charge in [-0.25, -0.2) is 9.18 Å². The van der Waals surface area contributed by atoms with Crippen molar-refractivity contribution in [1.29, 1.82) is 0 Å². The van der Waals surface area contributed by atoms with Crippen molar-refractivity contribution in [3.05, 3.63) is 65.5 Å². The number of carbonyl (C=O) groups excluding carboxylic acids is 1. The van der Waals surface area contributed by atoms with Crippen LogP contribution in [0.2, 0.25) is 0 Å². The molecule has 0 aromatic heterocycles. The number of benzene rings is 2. The second-order valence-corrected chi connectivity index (χ2v) is 5.10. The van der Waals surface area contributed by atoms with Gasteiger partial charge in [0.2, 0.25) is 0 Å². The Bertz CT molecular complexity index is 628. The number of aliphatic hydroxyl groups excluding tert-OH is 1. The lowest BCUT2D eigenvalue weighted by Crippen LogP contribution is -2.39. The van der Waals surface area contributed by atoms with Crippen LogP contribution in [0.5, 0.6) is 5.75 Å². The van der Waals surface area contributed by atoms with Crippen LogP contribution in [-0.4, -0.2) is 29.0 Å². The molecule has 0 heterocycles. The Morgan fingerprint density at radius 1 is 1.09 bits per heavy atom. The fourth-order valence-electron chi connectivity index (χ4n) is 2.02. The van der Waals surface area contributed by atoms with Gasteiger partial charge in [0, 0.05) is 0 Å². The molecule has 6 heteroatoms. The maximum atomic E-state index is 12.8. The van der Waals surface area contributed by atoms with Gasteiger partial charge in [0.15, 0.2) is 0 Å². The van der Waals surface area contributed by atoms with Gasteiger partial charge in [-0.05, 0) is 41.8 Å². The Morgan fingerprint density at radius 2 is 1.70 bits per heavy atom. The van der Waals surface area contributed by atoms with Gasteiger partial charge in [-0.2, -0.15) is 0 Å². The highest BCUT2D eigenvalue weighted by atomic mass is 19.1. The number of alkyl carbamates (subject to hydrolysis) is 1. The first-order valence-corrected chi connectivity index (χ1v) is 7.13. The summed E-state index contributed by atoms with van der Waals surface area (Å²) in [6, 6.07) is 11.6. The number of hydrogen-bond acceptors (Lipinski definition) is 4. The van der Waals surface area contributed by atoms with Gasteiger partial charge < -0.3 is 20.3 Å². The topological polar surface area (TPSA) is 78.8 Å². The molecule has 0 unspecified atom stereocenters. The normalized spacial score (nSPS) is 11.7. The molecule has 0 radical (unpaired) electrons. The summed E-state index contributed by atoms with van der Waals surface area (Å²) in [7, 11) is 0.